The summed E-state index contributed by atoms with van der Waals surface area (Å²) in [5, 5.41) is 3.17. The maximum atomic E-state index is 11.3. The monoisotopic (exact) mass is 167 g/mol. The van der Waals surface area contributed by atoms with Gasteiger partial charge in [0, 0.05) is 5.70 Å². The molecule has 0 bridgehead atoms. The fraction of sp³-hybridized carbons (Fsp3) is 0.667. The van der Waals surface area contributed by atoms with E-state index < -0.39 is 0 Å². The summed E-state index contributed by atoms with van der Waals surface area (Å²) < 4.78 is 5.06. The molecular formula is C9H13NO2. The van der Waals surface area contributed by atoms with Crippen LogP contribution in [-0.4, -0.2) is 12.2 Å². The van der Waals surface area contributed by atoms with Crippen LogP contribution in [-0.2, 0) is 9.53 Å². The van der Waals surface area contributed by atoms with Crippen LogP contribution >= 0.6 is 0 Å². The lowest BCUT2D eigenvalue weighted by Crippen LogP contribution is -2.43. The second-order valence-corrected chi connectivity index (χ2v) is 3.37. The highest BCUT2D eigenvalue weighted by Gasteiger charge is 2.32. The van der Waals surface area contributed by atoms with Gasteiger partial charge in [-0.1, -0.05) is 6.08 Å². The SMILES string of the molecule is CC1NC2=CCCCC2C(=O)O1. The molecule has 2 rings (SSSR count). The van der Waals surface area contributed by atoms with E-state index in [1.54, 1.807) is 0 Å². The molecule has 12 heavy (non-hydrogen) atoms. The first-order valence-electron chi connectivity index (χ1n) is 4.44. The van der Waals surface area contributed by atoms with E-state index in [0.717, 1.165) is 25.0 Å². The number of hydrogen-bond acceptors (Lipinski definition) is 3. The van der Waals surface area contributed by atoms with Gasteiger partial charge in [-0.2, -0.15) is 0 Å². The molecule has 0 aromatic rings. The zero-order valence-electron chi connectivity index (χ0n) is 7.17. The molecule has 2 unspecified atom stereocenters. The molecule has 2 atom stereocenters. The minimum absolute atomic E-state index is 0.00468. The van der Waals surface area contributed by atoms with Gasteiger partial charge in [-0.3, -0.25) is 4.79 Å². The van der Waals surface area contributed by atoms with Gasteiger partial charge in [-0.05, 0) is 26.2 Å². The van der Waals surface area contributed by atoms with E-state index >= 15 is 0 Å². The number of esters is 1. The molecule has 2 aliphatic rings. The zero-order chi connectivity index (χ0) is 8.55. The van der Waals surface area contributed by atoms with Crippen LogP contribution in [0, 0.1) is 5.92 Å². The van der Waals surface area contributed by atoms with Gasteiger partial charge in [0.15, 0.2) is 6.23 Å². The molecule has 3 heteroatoms. The summed E-state index contributed by atoms with van der Waals surface area (Å²) in [5.41, 5.74) is 1.07. The van der Waals surface area contributed by atoms with Crippen LogP contribution in [0.5, 0.6) is 0 Å². The van der Waals surface area contributed by atoms with Gasteiger partial charge in [0.25, 0.3) is 0 Å². The molecule has 3 nitrogen and oxygen atoms in total. The highest BCUT2D eigenvalue weighted by Crippen LogP contribution is 2.27. The fourth-order valence-corrected chi connectivity index (χ4v) is 1.80. The Morgan fingerprint density at radius 1 is 1.67 bits per heavy atom. The van der Waals surface area contributed by atoms with Crippen LogP contribution < -0.4 is 5.32 Å². The van der Waals surface area contributed by atoms with Crippen molar-refractivity contribution in [2.24, 2.45) is 5.92 Å². The lowest BCUT2D eigenvalue weighted by Gasteiger charge is -2.32. The minimum Gasteiger partial charge on any atom is -0.442 e. The van der Waals surface area contributed by atoms with Crippen molar-refractivity contribution in [3.63, 3.8) is 0 Å². The highest BCUT2D eigenvalue weighted by atomic mass is 16.6. The zero-order valence-corrected chi connectivity index (χ0v) is 7.17. The Hall–Kier alpha value is -0.990. The van der Waals surface area contributed by atoms with Gasteiger partial charge in [0.05, 0.1) is 5.92 Å². The van der Waals surface area contributed by atoms with Crippen LogP contribution in [0.3, 0.4) is 0 Å². The number of cyclic esters (lactones) is 1. The van der Waals surface area contributed by atoms with Crippen LogP contribution in [0.4, 0.5) is 0 Å². The molecule has 1 heterocycles. The summed E-state index contributed by atoms with van der Waals surface area (Å²) in [7, 11) is 0. The van der Waals surface area contributed by atoms with Crippen molar-refractivity contribution in [3.05, 3.63) is 11.8 Å². The molecule has 1 fully saturated rings. The number of hydrogen-bond donors (Lipinski definition) is 1. The van der Waals surface area contributed by atoms with Crippen LogP contribution in [0.1, 0.15) is 26.2 Å². The lowest BCUT2D eigenvalue weighted by atomic mass is 9.91. The van der Waals surface area contributed by atoms with E-state index in [2.05, 4.69) is 11.4 Å². The molecular weight excluding hydrogens is 154 g/mol. The van der Waals surface area contributed by atoms with E-state index in [1.165, 1.54) is 0 Å². The van der Waals surface area contributed by atoms with Crippen molar-refractivity contribution < 1.29 is 9.53 Å². The van der Waals surface area contributed by atoms with Crippen molar-refractivity contribution in [2.45, 2.75) is 32.4 Å². The van der Waals surface area contributed by atoms with Gasteiger partial charge < -0.3 is 10.1 Å². The Morgan fingerprint density at radius 3 is 3.33 bits per heavy atom. The Labute approximate surface area is 71.8 Å². The van der Waals surface area contributed by atoms with E-state index in [1.807, 2.05) is 6.92 Å². The van der Waals surface area contributed by atoms with Crippen LogP contribution in [0.15, 0.2) is 11.8 Å². The van der Waals surface area contributed by atoms with Crippen LogP contribution in [0.25, 0.3) is 0 Å². The summed E-state index contributed by atoms with van der Waals surface area (Å²) in [6.07, 6.45) is 5.08. The molecule has 66 valence electrons. The standard InChI is InChI=1S/C9H13NO2/c1-6-10-8-5-3-2-4-7(8)9(11)12-6/h5-7,10H,2-4H2,1H3. The lowest BCUT2D eigenvalue weighted by molar-refractivity contribution is -0.157. The fourth-order valence-electron chi connectivity index (χ4n) is 1.80. The summed E-state index contributed by atoms with van der Waals surface area (Å²) in [4.78, 5) is 11.3. The first-order valence-corrected chi connectivity index (χ1v) is 4.44. The molecule has 1 aliphatic carbocycles. The molecule has 1 N–H and O–H groups in total. The number of carbonyl (C=O) groups excluding carboxylic acids is 1. The Balaban J connectivity index is 2.20. The van der Waals surface area contributed by atoms with Crippen molar-refractivity contribution in [1.29, 1.82) is 0 Å². The topological polar surface area (TPSA) is 38.3 Å². The maximum absolute atomic E-state index is 11.3. The first-order chi connectivity index (χ1) is 5.77. The van der Waals surface area contributed by atoms with E-state index in [0.29, 0.717) is 0 Å². The van der Waals surface area contributed by atoms with Gasteiger partial charge >= 0.3 is 5.97 Å². The maximum Gasteiger partial charge on any atom is 0.316 e. The summed E-state index contributed by atoms with van der Waals surface area (Å²) in [6, 6.07) is 0. The average Bonchev–Trinajstić information content (AvgIpc) is 2.04. The summed E-state index contributed by atoms with van der Waals surface area (Å²) in [5.74, 6) is -0.0675. The third-order valence-corrected chi connectivity index (χ3v) is 2.38. The predicted molar refractivity (Wildman–Crippen MR) is 44.1 cm³/mol. The molecule has 0 saturated carbocycles. The molecule has 0 radical (unpaired) electrons. The van der Waals surface area contributed by atoms with Crippen molar-refractivity contribution in [3.8, 4) is 0 Å². The van der Waals surface area contributed by atoms with Gasteiger partial charge in [0.2, 0.25) is 0 Å². The number of ether oxygens (including phenoxy) is 1. The van der Waals surface area contributed by atoms with Crippen molar-refractivity contribution in [1.82, 2.24) is 5.32 Å². The van der Waals surface area contributed by atoms with E-state index in [-0.39, 0.29) is 18.1 Å². The van der Waals surface area contributed by atoms with Gasteiger partial charge in [0.1, 0.15) is 0 Å². The first kappa shape index (κ1) is 7.65. The molecule has 1 saturated heterocycles. The third kappa shape index (κ3) is 1.19. The van der Waals surface area contributed by atoms with Gasteiger partial charge in [-0.15, -0.1) is 0 Å². The number of fused-ring (bicyclic) bond motifs is 1. The Kier molecular flexibility index (Phi) is 1.79. The molecule has 0 aromatic heterocycles. The number of nitrogens with one attached hydrogen (secondary N) is 1. The second-order valence-electron chi connectivity index (χ2n) is 3.37. The molecule has 0 amide bonds. The largest absolute Gasteiger partial charge is 0.442 e. The van der Waals surface area contributed by atoms with Crippen molar-refractivity contribution >= 4 is 5.97 Å². The van der Waals surface area contributed by atoms with Crippen molar-refractivity contribution in [2.75, 3.05) is 0 Å². The number of carbonyl (C=O) groups is 1. The Bertz CT molecular complexity index is 235. The predicted octanol–water partition coefficient (Wildman–Crippen LogP) is 1.16. The van der Waals surface area contributed by atoms with E-state index in [9.17, 15) is 4.79 Å². The quantitative estimate of drug-likeness (QED) is 0.550. The van der Waals surface area contributed by atoms with Gasteiger partial charge in [-0.25, -0.2) is 0 Å². The third-order valence-electron chi connectivity index (χ3n) is 2.38. The smallest absolute Gasteiger partial charge is 0.316 e. The Morgan fingerprint density at radius 2 is 2.50 bits per heavy atom. The second kappa shape index (κ2) is 2.81. The number of rotatable bonds is 0. The summed E-state index contributed by atoms with van der Waals surface area (Å²) >= 11 is 0. The summed E-state index contributed by atoms with van der Waals surface area (Å²) in [6.45, 7) is 1.85. The molecule has 0 aromatic carbocycles. The number of allylic oxidation sites excluding steroid dienone is 1. The highest BCUT2D eigenvalue weighted by molar-refractivity contribution is 5.77. The minimum atomic E-state index is -0.155. The average molecular weight is 167 g/mol. The normalized spacial score (nSPS) is 34.4. The molecule has 1 aliphatic heterocycles. The molecule has 0 spiro atoms. The van der Waals surface area contributed by atoms with Crippen LogP contribution in [0.2, 0.25) is 0 Å². The van der Waals surface area contributed by atoms with E-state index in [4.69, 9.17) is 4.74 Å².